The minimum absolute atomic E-state index is 0.223. The van der Waals surface area contributed by atoms with Crippen molar-refractivity contribution in [3.05, 3.63) is 95.9 Å². The molecule has 0 spiro atoms. The number of hydrogen-bond donors (Lipinski definition) is 2. The number of benzene rings is 3. The molecule has 5 aromatic rings. The van der Waals surface area contributed by atoms with E-state index >= 15 is 0 Å². The normalized spacial score (nSPS) is 13.9. The van der Waals surface area contributed by atoms with Crippen LogP contribution in [-0.2, 0) is 6.54 Å². The first-order chi connectivity index (χ1) is 22.8. The number of amides is 1. The number of fused-ring (bicyclic) bond motifs is 1. The highest BCUT2D eigenvalue weighted by Gasteiger charge is 2.18. The molecule has 3 heterocycles. The molecule has 2 N–H and O–H groups in total. The molecule has 1 fully saturated rings. The molecular formula is C38H44N6O3. The maximum absolute atomic E-state index is 13.2. The molecule has 3 aromatic carbocycles. The van der Waals surface area contributed by atoms with E-state index < -0.39 is 0 Å². The lowest BCUT2D eigenvalue weighted by Gasteiger charge is -2.32. The van der Waals surface area contributed by atoms with Crippen molar-refractivity contribution in [1.82, 2.24) is 19.4 Å². The second kappa shape index (κ2) is 14.3. The van der Waals surface area contributed by atoms with E-state index in [1.807, 2.05) is 36.4 Å². The average molecular weight is 633 g/mol. The van der Waals surface area contributed by atoms with Gasteiger partial charge in [0.15, 0.2) is 0 Å². The molecule has 0 unspecified atom stereocenters. The van der Waals surface area contributed by atoms with Gasteiger partial charge in [0.05, 0.1) is 19.8 Å². The lowest BCUT2D eigenvalue weighted by Crippen LogP contribution is -2.44. The molecule has 0 saturated carbocycles. The number of nitrogens with one attached hydrogen (secondary N) is 2. The summed E-state index contributed by atoms with van der Waals surface area (Å²) in [6.45, 7) is 11.2. The van der Waals surface area contributed by atoms with Crippen LogP contribution in [0.4, 0.5) is 17.1 Å². The maximum Gasteiger partial charge on any atom is 0.255 e. The van der Waals surface area contributed by atoms with Crippen LogP contribution in [0.25, 0.3) is 22.0 Å². The number of methoxy groups -OCH3 is 2. The number of aromatic nitrogens is 2. The van der Waals surface area contributed by atoms with Gasteiger partial charge in [-0.05, 0) is 99.6 Å². The van der Waals surface area contributed by atoms with E-state index in [2.05, 4.69) is 69.1 Å². The first-order valence-electron chi connectivity index (χ1n) is 16.2. The van der Waals surface area contributed by atoms with Crippen molar-refractivity contribution in [2.24, 2.45) is 0 Å². The Labute approximate surface area is 277 Å². The summed E-state index contributed by atoms with van der Waals surface area (Å²) in [6.07, 6.45) is 4.58. The highest BCUT2D eigenvalue weighted by atomic mass is 16.5. The number of aryl methyl sites for hydroxylation is 2. The summed E-state index contributed by atoms with van der Waals surface area (Å²) in [5.41, 5.74) is 8.67. The van der Waals surface area contributed by atoms with Crippen LogP contribution >= 0.6 is 0 Å². The molecule has 1 amide bonds. The number of carbonyl (C=O) groups is 1. The third-order valence-electron chi connectivity index (χ3n) is 9.26. The SMILES string of the molecule is COc1cc(NC(=O)c2ccc(Nc3ccc4c(c3)c(C)c(C)n4CCCN3CCN(C)CC3)cc2)cc(OC)c1-c1ccncc1. The standard InChI is InChI=1S/C38H44N6O3/c1-26-27(2)44(18-6-17-43-21-19-42(3)20-22-43)34-12-11-31(23-33(26)34)40-30-9-7-29(8-10-30)38(45)41-32-24-35(46-4)37(36(25-32)47-5)28-13-15-39-16-14-28/h7-16,23-25,40H,6,17-22H2,1-5H3,(H,41,45). The molecule has 0 radical (unpaired) electrons. The van der Waals surface area contributed by atoms with Crippen molar-refractivity contribution < 1.29 is 14.3 Å². The third-order valence-corrected chi connectivity index (χ3v) is 9.26. The van der Waals surface area contributed by atoms with Crippen LogP contribution in [0.3, 0.4) is 0 Å². The van der Waals surface area contributed by atoms with Crippen molar-refractivity contribution in [2.75, 3.05) is 64.6 Å². The molecule has 1 aliphatic rings. The van der Waals surface area contributed by atoms with Crippen LogP contribution in [0.2, 0.25) is 0 Å². The quantitative estimate of drug-likeness (QED) is 0.163. The molecule has 0 bridgehead atoms. The smallest absolute Gasteiger partial charge is 0.255 e. The van der Waals surface area contributed by atoms with E-state index in [1.165, 1.54) is 22.2 Å². The lowest BCUT2D eigenvalue weighted by atomic mass is 10.0. The van der Waals surface area contributed by atoms with E-state index in [4.69, 9.17) is 9.47 Å². The Kier molecular flexibility index (Phi) is 9.75. The molecule has 6 rings (SSSR count). The zero-order valence-electron chi connectivity index (χ0n) is 28.0. The van der Waals surface area contributed by atoms with Gasteiger partial charge in [-0.2, -0.15) is 0 Å². The predicted molar refractivity (Wildman–Crippen MR) is 190 cm³/mol. The fourth-order valence-corrected chi connectivity index (χ4v) is 6.40. The number of anilines is 3. The Bertz CT molecular complexity index is 1820. The number of likely N-dealkylation sites (N-methyl/N-ethyl adjacent to an activating group) is 1. The van der Waals surface area contributed by atoms with Crippen molar-refractivity contribution in [3.8, 4) is 22.6 Å². The number of pyridine rings is 1. The van der Waals surface area contributed by atoms with Gasteiger partial charge in [0.1, 0.15) is 11.5 Å². The largest absolute Gasteiger partial charge is 0.496 e. The molecule has 9 nitrogen and oxygen atoms in total. The highest BCUT2D eigenvalue weighted by molar-refractivity contribution is 6.05. The molecule has 0 aliphatic carbocycles. The van der Waals surface area contributed by atoms with Crippen LogP contribution in [0.15, 0.2) is 79.1 Å². The summed E-state index contributed by atoms with van der Waals surface area (Å²) in [5.74, 6) is 0.960. The number of hydrogen-bond acceptors (Lipinski definition) is 7. The zero-order valence-corrected chi connectivity index (χ0v) is 28.0. The molecular weight excluding hydrogens is 588 g/mol. The van der Waals surface area contributed by atoms with Gasteiger partial charge in [-0.3, -0.25) is 9.78 Å². The van der Waals surface area contributed by atoms with Gasteiger partial charge in [-0.15, -0.1) is 0 Å². The average Bonchev–Trinajstić information content (AvgIpc) is 3.33. The molecule has 1 saturated heterocycles. The first-order valence-corrected chi connectivity index (χ1v) is 16.2. The van der Waals surface area contributed by atoms with Gasteiger partial charge >= 0.3 is 0 Å². The zero-order chi connectivity index (χ0) is 32.9. The molecule has 47 heavy (non-hydrogen) atoms. The predicted octanol–water partition coefficient (Wildman–Crippen LogP) is 6.97. The van der Waals surface area contributed by atoms with Crippen LogP contribution in [0.1, 0.15) is 28.0 Å². The minimum Gasteiger partial charge on any atom is -0.496 e. The molecule has 244 valence electrons. The van der Waals surface area contributed by atoms with Crippen LogP contribution in [0, 0.1) is 13.8 Å². The van der Waals surface area contributed by atoms with Gasteiger partial charge in [0.25, 0.3) is 5.91 Å². The Balaban J connectivity index is 1.11. The summed E-state index contributed by atoms with van der Waals surface area (Å²) in [6, 6.07) is 21.5. The summed E-state index contributed by atoms with van der Waals surface area (Å²) in [7, 11) is 5.40. The van der Waals surface area contributed by atoms with Crippen molar-refractivity contribution in [1.29, 1.82) is 0 Å². The maximum atomic E-state index is 13.2. The second-order valence-corrected chi connectivity index (χ2v) is 12.2. The van der Waals surface area contributed by atoms with Gasteiger partial charge in [-0.1, -0.05) is 0 Å². The highest BCUT2D eigenvalue weighted by Crippen LogP contribution is 2.41. The van der Waals surface area contributed by atoms with Crippen molar-refractivity contribution in [2.45, 2.75) is 26.8 Å². The number of rotatable bonds is 11. The van der Waals surface area contributed by atoms with Crippen molar-refractivity contribution >= 4 is 33.9 Å². The number of ether oxygens (including phenoxy) is 2. The van der Waals surface area contributed by atoms with Crippen LogP contribution < -0.4 is 20.1 Å². The lowest BCUT2D eigenvalue weighted by molar-refractivity contribution is 0.102. The van der Waals surface area contributed by atoms with E-state index in [9.17, 15) is 4.79 Å². The van der Waals surface area contributed by atoms with Gasteiger partial charge in [-0.25, -0.2) is 0 Å². The molecule has 2 aromatic heterocycles. The van der Waals surface area contributed by atoms with Crippen molar-refractivity contribution in [3.63, 3.8) is 0 Å². The first kappa shape index (κ1) is 32.1. The third kappa shape index (κ3) is 7.11. The Hall–Kier alpha value is -4.86. The second-order valence-electron chi connectivity index (χ2n) is 12.2. The monoisotopic (exact) mass is 632 g/mol. The van der Waals surface area contributed by atoms with Crippen LogP contribution in [0.5, 0.6) is 11.5 Å². The molecule has 1 aliphatic heterocycles. The van der Waals surface area contributed by atoms with Gasteiger partial charge in [0, 0.05) is 96.5 Å². The van der Waals surface area contributed by atoms with Gasteiger partial charge < -0.3 is 34.5 Å². The number of piperazine rings is 1. The Morgan fingerprint density at radius 1 is 0.809 bits per heavy atom. The summed E-state index contributed by atoms with van der Waals surface area (Å²) in [5, 5.41) is 7.77. The fourth-order valence-electron chi connectivity index (χ4n) is 6.40. The fraction of sp³-hybridized carbons (Fsp3) is 0.316. The molecule has 0 atom stereocenters. The minimum atomic E-state index is -0.223. The van der Waals surface area contributed by atoms with Crippen LogP contribution in [-0.4, -0.2) is 79.2 Å². The Morgan fingerprint density at radius 2 is 1.47 bits per heavy atom. The number of nitrogens with zero attached hydrogens (tertiary/aromatic N) is 4. The summed E-state index contributed by atoms with van der Waals surface area (Å²) < 4.78 is 13.8. The van der Waals surface area contributed by atoms with Gasteiger partial charge in [0.2, 0.25) is 0 Å². The summed E-state index contributed by atoms with van der Waals surface area (Å²) in [4.78, 5) is 22.3. The molecule has 9 heteroatoms. The van der Waals surface area contributed by atoms with E-state index in [1.54, 1.807) is 38.7 Å². The number of carbonyl (C=O) groups excluding carboxylic acids is 1. The van der Waals surface area contributed by atoms with E-state index in [0.717, 1.165) is 68.2 Å². The summed E-state index contributed by atoms with van der Waals surface area (Å²) >= 11 is 0. The topological polar surface area (TPSA) is 83.9 Å². The van der Waals surface area contributed by atoms with E-state index in [-0.39, 0.29) is 5.91 Å². The Morgan fingerprint density at radius 3 is 2.13 bits per heavy atom. The van der Waals surface area contributed by atoms with E-state index in [0.29, 0.717) is 22.7 Å².